The molecule has 0 spiro atoms. The van der Waals surface area contributed by atoms with Crippen LogP contribution in [0.1, 0.15) is 5.82 Å². The van der Waals surface area contributed by atoms with E-state index in [0.29, 0.717) is 13.1 Å². The van der Waals surface area contributed by atoms with Crippen molar-refractivity contribution in [3.63, 3.8) is 0 Å². The number of hydrogen-bond donors (Lipinski definition) is 2. The summed E-state index contributed by atoms with van der Waals surface area (Å²) in [6.45, 7) is 3.21. The van der Waals surface area contributed by atoms with Crippen LogP contribution in [0.15, 0.2) is 36.4 Å². The number of aryl methyl sites for hydroxylation is 1. The summed E-state index contributed by atoms with van der Waals surface area (Å²) < 4.78 is 0. The minimum absolute atomic E-state index is 0.584. The van der Waals surface area contributed by atoms with Crippen molar-refractivity contribution in [2.24, 2.45) is 5.73 Å². The number of nitrogens with two attached hydrogens (primary N) is 1. The lowest BCUT2D eigenvalue weighted by Crippen LogP contribution is -2.14. The van der Waals surface area contributed by atoms with Crippen molar-refractivity contribution in [3.8, 4) is 10.4 Å². The van der Waals surface area contributed by atoms with Crippen molar-refractivity contribution in [1.29, 1.82) is 0 Å². The van der Waals surface area contributed by atoms with Crippen LogP contribution >= 0.6 is 11.3 Å². The van der Waals surface area contributed by atoms with Gasteiger partial charge in [-0.2, -0.15) is 0 Å². The highest BCUT2D eigenvalue weighted by Gasteiger charge is 2.11. The molecule has 0 aliphatic heterocycles. The summed E-state index contributed by atoms with van der Waals surface area (Å²) >= 11 is 1.69. The Morgan fingerprint density at radius 2 is 2.00 bits per heavy atom. The molecule has 0 saturated carbocycles. The van der Waals surface area contributed by atoms with Crippen LogP contribution in [0.25, 0.3) is 20.7 Å². The second-order valence-electron chi connectivity index (χ2n) is 4.53. The maximum absolute atomic E-state index is 5.55. The standard InChI is InChI=1S/C15H16N4S/c1-10-18-14(17-8-7-16)12-9-13(20-15(12)19-10)11-5-3-2-4-6-11/h2-6,9H,7-8,16H2,1H3,(H,17,18,19). The van der Waals surface area contributed by atoms with E-state index in [0.717, 1.165) is 21.9 Å². The summed E-state index contributed by atoms with van der Waals surface area (Å²) in [6.07, 6.45) is 0. The van der Waals surface area contributed by atoms with Crippen molar-refractivity contribution in [1.82, 2.24) is 9.97 Å². The van der Waals surface area contributed by atoms with Gasteiger partial charge in [0.05, 0.1) is 5.39 Å². The zero-order valence-corrected chi connectivity index (χ0v) is 12.1. The van der Waals surface area contributed by atoms with Crippen molar-refractivity contribution < 1.29 is 0 Å². The fourth-order valence-electron chi connectivity index (χ4n) is 2.10. The Kier molecular flexibility index (Phi) is 3.62. The van der Waals surface area contributed by atoms with E-state index in [2.05, 4.69) is 33.5 Å². The second kappa shape index (κ2) is 5.56. The Labute approximate surface area is 121 Å². The third-order valence-corrected chi connectivity index (χ3v) is 4.08. The SMILES string of the molecule is Cc1nc(NCCN)c2cc(-c3ccccc3)sc2n1. The van der Waals surface area contributed by atoms with E-state index >= 15 is 0 Å². The third kappa shape index (κ3) is 2.50. The van der Waals surface area contributed by atoms with E-state index in [9.17, 15) is 0 Å². The summed E-state index contributed by atoms with van der Waals surface area (Å²) in [5.74, 6) is 1.65. The Hall–Kier alpha value is -1.98. The molecule has 102 valence electrons. The van der Waals surface area contributed by atoms with E-state index in [-0.39, 0.29) is 0 Å². The summed E-state index contributed by atoms with van der Waals surface area (Å²) in [4.78, 5) is 11.2. The summed E-state index contributed by atoms with van der Waals surface area (Å²) in [5.41, 5.74) is 6.76. The third-order valence-electron chi connectivity index (χ3n) is 3.00. The molecular weight excluding hydrogens is 268 g/mol. The van der Waals surface area contributed by atoms with Crippen molar-refractivity contribution in [2.75, 3.05) is 18.4 Å². The van der Waals surface area contributed by atoms with Crippen LogP contribution in [-0.2, 0) is 0 Å². The molecule has 2 aromatic heterocycles. The maximum Gasteiger partial charge on any atom is 0.138 e. The lowest BCUT2D eigenvalue weighted by molar-refractivity contribution is 1.000. The molecule has 0 radical (unpaired) electrons. The van der Waals surface area contributed by atoms with Gasteiger partial charge in [0.25, 0.3) is 0 Å². The molecule has 0 aliphatic rings. The highest BCUT2D eigenvalue weighted by atomic mass is 32.1. The van der Waals surface area contributed by atoms with E-state index in [1.165, 1.54) is 10.4 Å². The van der Waals surface area contributed by atoms with E-state index in [1.807, 2.05) is 25.1 Å². The number of benzene rings is 1. The number of anilines is 1. The highest BCUT2D eigenvalue weighted by Crippen LogP contribution is 2.35. The molecule has 0 unspecified atom stereocenters. The number of nitrogens with one attached hydrogen (secondary N) is 1. The number of nitrogens with zero attached hydrogens (tertiary/aromatic N) is 2. The average Bonchev–Trinajstić information content (AvgIpc) is 2.89. The summed E-state index contributed by atoms with van der Waals surface area (Å²) in [6, 6.07) is 12.5. The van der Waals surface area contributed by atoms with Crippen LogP contribution in [-0.4, -0.2) is 23.1 Å². The first-order valence-corrected chi connectivity index (χ1v) is 7.37. The van der Waals surface area contributed by atoms with Gasteiger partial charge >= 0.3 is 0 Å². The van der Waals surface area contributed by atoms with E-state index in [4.69, 9.17) is 5.73 Å². The second-order valence-corrected chi connectivity index (χ2v) is 5.56. The van der Waals surface area contributed by atoms with Crippen LogP contribution in [0, 0.1) is 6.92 Å². The number of fused-ring (bicyclic) bond motifs is 1. The first-order valence-electron chi connectivity index (χ1n) is 6.55. The number of thiophene rings is 1. The summed E-state index contributed by atoms with van der Waals surface area (Å²) in [5, 5.41) is 4.34. The highest BCUT2D eigenvalue weighted by molar-refractivity contribution is 7.21. The Morgan fingerprint density at radius 1 is 1.20 bits per heavy atom. The van der Waals surface area contributed by atoms with Crippen molar-refractivity contribution >= 4 is 27.4 Å². The van der Waals surface area contributed by atoms with Gasteiger partial charge in [-0.05, 0) is 18.6 Å². The first kappa shape index (κ1) is 13.0. The van der Waals surface area contributed by atoms with E-state index in [1.54, 1.807) is 11.3 Å². The molecule has 5 heteroatoms. The van der Waals surface area contributed by atoms with Gasteiger partial charge in [-0.1, -0.05) is 30.3 Å². The molecule has 0 saturated heterocycles. The predicted molar refractivity (Wildman–Crippen MR) is 85.1 cm³/mol. The Balaban J connectivity index is 2.10. The van der Waals surface area contributed by atoms with Gasteiger partial charge in [0.2, 0.25) is 0 Å². The number of aromatic nitrogens is 2. The Morgan fingerprint density at radius 3 is 2.75 bits per heavy atom. The van der Waals surface area contributed by atoms with Crippen LogP contribution in [0.5, 0.6) is 0 Å². The zero-order valence-electron chi connectivity index (χ0n) is 11.3. The van der Waals surface area contributed by atoms with Gasteiger partial charge in [0, 0.05) is 18.0 Å². The number of rotatable bonds is 4. The normalized spacial score (nSPS) is 10.9. The molecule has 1 aromatic carbocycles. The molecule has 3 rings (SSSR count). The zero-order chi connectivity index (χ0) is 13.9. The monoisotopic (exact) mass is 284 g/mol. The van der Waals surface area contributed by atoms with Gasteiger partial charge in [-0.25, -0.2) is 9.97 Å². The molecule has 0 amide bonds. The molecule has 0 bridgehead atoms. The van der Waals surface area contributed by atoms with Crippen molar-refractivity contribution in [2.45, 2.75) is 6.92 Å². The van der Waals surface area contributed by atoms with Crippen LogP contribution in [0.2, 0.25) is 0 Å². The minimum Gasteiger partial charge on any atom is -0.368 e. The number of hydrogen-bond acceptors (Lipinski definition) is 5. The molecule has 0 aliphatic carbocycles. The molecular formula is C15H16N4S. The van der Waals surface area contributed by atoms with Gasteiger partial charge in [-0.3, -0.25) is 0 Å². The quantitative estimate of drug-likeness (QED) is 0.773. The minimum atomic E-state index is 0.584. The molecule has 2 heterocycles. The topological polar surface area (TPSA) is 63.8 Å². The lowest BCUT2D eigenvalue weighted by Gasteiger charge is -2.05. The Bertz CT molecular complexity index is 721. The maximum atomic E-state index is 5.55. The summed E-state index contributed by atoms with van der Waals surface area (Å²) in [7, 11) is 0. The average molecular weight is 284 g/mol. The molecule has 4 nitrogen and oxygen atoms in total. The smallest absolute Gasteiger partial charge is 0.138 e. The van der Waals surface area contributed by atoms with Crippen LogP contribution in [0.4, 0.5) is 5.82 Å². The predicted octanol–water partition coefficient (Wildman–Crippen LogP) is 3.04. The van der Waals surface area contributed by atoms with Crippen molar-refractivity contribution in [3.05, 3.63) is 42.2 Å². The fourth-order valence-corrected chi connectivity index (χ4v) is 3.18. The molecule has 20 heavy (non-hydrogen) atoms. The van der Waals surface area contributed by atoms with Crippen LogP contribution in [0.3, 0.4) is 0 Å². The molecule has 0 atom stereocenters. The largest absolute Gasteiger partial charge is 0.368 e. The lowest BCUT2D eigenvalue weighted by atomic mass is 10.2. The van der Waals surface area contributed by atoms with Gasteiger partial charge in [0.15, 0.2) is 0 Å². The van der Waals surface area contributed by atoms with E-state index < -0.39 is 0 Å². The fraction of sp³-hybridized carbons (Fsp3) is 0.200. The molecule has 0 fully saturated rings. The molecule has 3 N–H and O–H groups in total. The van der Waals surface area contributed by atoms with Gasteiger partial charge < -0.3 is 11.1 Å². The molecule has 3 aromatic rings. The van der Waals surface area contributed by atoms with Crippen LogP contribution < -0.4 is 11.1 Å². The first-order chi connectivity index (χ1) is 9.78. The van der Waals surface area contributed by atoms with Gasteiger partial charge in [-0.15, -0.1) is 11.3 Å². The van der Waals surface area contributed by atoms with Gasteiger partial charge in [0.1, 0.15) is 16.5 Å².